The molecule has 19 heavy (non-hydrogen) atoms. The second kappa shape index (κ2) is 6.37. The molecule has 0 fully saturated rings. The van der Waals surface area contributed by atoms with E-state index in [0.29, 0.717) is 6.42 Å². The number of carbonyl (C=O) groups is 1. The second-order valence-electron chi connectivity index (χ2n) is 4.72. The predicted molar refractivity (Wildman–Crippen MR) is 77.4 cm³/mol. The van der Waals surface area contributed by atoms with Gasteiger partial charge in [0.15, 0.2) is 5.78 Å². The molecule has 0 aliphatic heterocycles. The Morgan fingerprint density at radius 1 is 1.05 bits per heavy atom. The van der Waals surface area contributed by atoms with E-state index in [4.69, 9.17) is 4.42 Å². The first kappa shape index (κ1) is 13.6. The van der Waals surface area contributed by atoms with E-state index in [1.165, 1.54) is 6.42 Å². The van der Waals surface area contributed by atoms with Crippen molar-refractivity contribution in [2.75, 3.05) is 0 Å². The van der Waals surface area contributed by atoms with Crippen LogP contribution in [0.15, 0.2) is 40.8 Å². The van der Waals surface area contributed by atoms with Crippen LogP contribution in [0.5, 0.6) is 0 Å². The average Bonchev–Trinajstić information content (AvgIpc) is 2.93. The molecule has 2 rings (SSSR count). The number of furan rings is 1. The lowest BCUT2D eigenvalue weighted by molar-refractivity contribution is 0.0988. The fraction of sp³-hybridized carbons (Fsp3) is 0.353. The zero-order valence-corrected chi connectivity index (χ0v) is 11.6. The summed E-state index contributed by atoms with van der Waals surface area (Å²) in [6.07, 6.45) is 3.85. The normalized spacial score (nSPS) is 10.6. The minimum absolute atomic E-state index is 0.176. The maximum Gasteiger partial charge on any atom is 0.162 e. The van der Waals surface area contributed by atoms with Gasteiger partial charge < -0.3 is 4.42 Å². The van der Waals surface area contributed by atoms with Gasteiger partial charge in [0.1, 0.15) is 11.5 Å². The number of aryl methyl sites for hydroxylation is 1. The van der Waals surface area contributed by atoms with Crippen LogP contribution in [0.25, 0.3) is 11.3 Å². The molecule has 100 valence electrons. The Hall–Kier alpha value is -1.83. The molecule has 2 aromatic rings. The van der Waals surface area contributed by atoms with Gasteiger partial charge in [-0.25, -0.2) is 0 Å². The fourth-order valence-electron chi connectivity index (χ4n) is 2.04. The van der Waals surface area contributed by atoms with Crippen LogP contribution < -0.4 is 0 Å². The highest BCUT2D eigenvalue weighted by atomic mass is 16.3. The zero-order chi connectivity index (χ0) is 13.7. The highest BCUT2D eigenvalue weighted by Gasteiger charge is 2.06. The third kappa shape index (κ3) is 3.34. The van der Waals surface area contributed by atoms with Crippen LogP contribution in [0.1, 0.15) is 49.2 Å². The Labute approximate surface area is 114 Å². The van der Waals surface area contributed by atoms with Crippen molar-refractivity contribution in [1.29, 1.82) is 0 Å². The van der Waals surface area contributed by atoms with Crippen LogP contribution in [-0.2, 0) is 6.42 Å². The molecular weight excluding hydrogens is 236 g/mol. The first-order valence-corrected chi connectivity index (χ1v) is 6.97. The van der Waals surface area contributed by atoms with E-state index in [2.05, 4.69) is 6.92 Å². The van der Waals surface area contributed by atoms with Crippen molar-refractivity contribution in [3.63, 3.8) is 0 Å². The summed E-state index contributed by atoms with van der Waals surface area (Å²) in [5, 5.41) is 0. The van der Waals surface area contributed by atoms with Crippen molar-refractivity contribution in [3.05, 3.63) is 47.7 Å². The van der Waals surface area contributed by atoms with Crippen LogP contribution in [0.3, 0.4) is 0 Å². The topological polar surface area (TPSA) is 30.2 Å². The van der Waals surface area contributed by atoms with Gasteiger partial charge in [-0.3, -0.25) is 4.79 Å². The minimum Gasteiger partial charge on any atom is -0.461 e. The number of benzene rings is 1. The van der Waals surface area contributed by atoms with Gasteiger partial charge in [0.2, 0.25) is 0 Å². The van der Waals surface area contributed by atoms with Crippen molar-refractivity contribution >= 4 is 5.78 Å². The molecule has 1 aromatic carbocycles. The van der Waals surface area contributed by atoms with Gasteiger partial charge in [0.05, 0.1) is 0 Å². The van der Waals surface area contributed by atoms with Crippen molar-refractivity contribution < 1.29 is 9.21 Å². The van der Waals surface area contributed by atoms with Crippen LogP contribution in [0.2, 0.25) is 0 Å². The Morgan fingerprint density at radius 2 is 1.79 bits per heavy atom. The summed E-state index contributed by atoms with van der Waals surface area (Å²) in [4.78, 5) is 11.6. The maximum atomic E-state index is 11.6. The number of rotatable bonds is 6. The molecule has 0 unspecified atom stereocenters. The summed E-state index contributed by atoms with van der Waals surface area (Å²) in [6.45, 7) is 4.05. The molecule has 0 aliphatic carbocycles. The van der Waals surface area contributed by atoms with Gasteiger partial charge in [0.25, 0.3) is 0 Å². The van der Waals surface area contributed by atoms with Gasteiger partial charge in [-0.15, -0.1) is 0 Å². The number of unbranched alkanes of at least 4 members (excludes halogenated alkanes) is 1. The van der Waals surface area contributed by atoms with Crippen molar-refractivity contribution in [2.45, 2.75) is 39.5 Å². The fourth-order valence-corrected chi connectivity index (χ4v) is 2.04. The van der Waals surface area contributed by atoms with Gasteiger partial charge >= 0.3 is 0 Å². The standard InChI is InChI=1S/C17H20O2/c1-3-5-6-15-11-12-17(19-15)14-9-7-13(8-10-14)16(18)4-2/h7-12H,3-6H2,1-2H3. The van der Waals surface area contributed by atoms with Gasteiger partial charge in [-0.1, -0.05) is 44.5 Å². The number of hydrogen-bond acceptors (Lipinski definition) is 2. The minimum atomic E-state index is 0.176. The number of ketones is 1. The Morgan fingerprint density at radius 3 is 2.42 bits per heavy atom. The highest BCUT2D eigenvalue weighted by molar-refractivity contribution is 5.96. The molecule has 0 spiro atoms. The largest absolute Gasteiger partial charge is 0.461 e. The molecule has 2 heteroatoms. The van der Waals surface area contributed by atoms with Crippen molar-refractivity contribution in [2.24, 2.45) is 0 Å². The Bertz CT molecular complexity index is 535. The first-order chi connectivity index (χ1) is 9.24. The van der Waals surface area contributed by atoms with E-state index in [9.17, 15) is 4.79 Å². The van der Waals surface area contributed by atoms with Gasteiger partial charge in [-0.2, -0.15) is 0 Å². The van der Waals surface area contributed by atoms with Gasteiger partial charge in [-0.05, 0) is 18.6 Å². The van der Waals surface area contributed by atoms with Gasteiger partial charge in [0, 0.05) is 24.0 Å². The molecule has 2 nitrogen and oxygen atoms in total. The predicted octanol–water partition coefficient (Wildman–Crippen LogP) is 4.88. The lowest BCUT2D eigenvalue weighted by Crippen LogP contribution is -1.95. The zero-order valence-electron chi connectivity index (χ0n) is 11.6. The number of carbonyl (C=O) groups excluding carboxylic acids is 1. The quantitative estimate of drug-likeness (QED) is 0.689. The average molecular weight is 256 g/mol. The number of Topliss-reactive ketones (excluding diaryl/α,β-unsaturated/α-hetero) is 1. The monoisotopic (exact) mass is 256 g/mol. The molecule has 0 N–H and O–H groups in total. The maximum absolute atomic E-state index is 11.6. The lowest BCUT2D eigenvalue weighted by atomic mass is 10.1. The second-order valence-corrected chi connectivity index (χ2v) is 4.72. The Kier molecular flexibility index (Phi) is 4.56. The van der Waals surface area contributed by atoms with Crippen LogP contribution in [0.4, 0.5) is 0 Å². The summed E-state index contributed by atoms with van der Waals surface area (Å²) < 4.78 is 5.81. The van der Waals surface area contributed by atoms with E-state index >= 15 is 0 Å². The summed E-state index contributed by atoms with van der Waals surface area (Å²) in [7, 11) is 0. The molecule has 0 radical (unpaired) electrons. The molecule has 1 aromatic heterocycles. The van der Waals surface area contributed by atoms with Crippen LogP contribution >= 0.6 is 0 Å². The third-order valence-corrected chi connectivity index (χ3v) is 3.25. The summed E-state index contributed by atoms with van der Waals surface area (Å²) in [6, 6.07) is 11.7. The number of hydrogen-bond donors (Lipinski definition) is 0. The summed E-state index contributed by atoms with van der Waals surface area (Å²) in [5.74, 6) is 2.08. The SMILES string of the molecule is CCCCc1ccc(-c2ccc(C(=O)CC)cc2)o1. The van der Waals surface area contributed by atoms with Crippen LogP contribution in [0, 0.1) is 0 Å². The van der Waals surface area contributed by atoms with E-state index < -0.39 is 0 Å². The van der Waals surface area contributed by atoms with E-state index in [1.807, 2.05) is 43.3 Å². The first-order valence-electron chi connectivity index (χ1n) is 6.97. The summed E-state index contributed by atoms with van der Waals surface area (Å²) in [5.41, 5.74) is 1.79. The third-order valence-electron chi connectivity index (χ3n) is 3.25. The molecule has 0 saturated carbocycles. The molecule has 0 aliphatic rings. The smallest absolute Gasteiger partial charge is 0.162 e. The molecular formula is C17H20O2. The van der Waals surface area contributed by atoms with E-state index in [-0.39, 0.29) is 5.78 Å². The molecule has 0 bridgehead atoms. The Balaban J connectivity index is 2.13. The van der Waals surface area contributed by atoms with Crippen molar-refractivity contribution in [3.8, 4) is 11.3 Å². The summed E-state index contributed by atoms with van der Waals surface area (Å²) >= 11 is 0. The van der Waals surface area contributed by atoms with E-state index in [0.717, 1.165) is 35.5 Å². The lowest BCUT2D eigenvalue weighted by Gasteiger charge is -2.00. The molecule has 0 atom stereocenters. The van der Waals surface area contributed by atoms with Crippen LogP contribution in [-0.4, -0.2) is 5.78 Å². The van der Waals surface area contributed by atoms with E-state index in [1.54, 1.807) is 0 Å². The van der Waals surface area contributed by atoms with Crippen molar-refractivity contribution in [1.82, 2.24) is 0 Å². The highest BCUT2D eigenvalue weighted by Crippen LogP contribution is 2.23. The molecule has 0 amide bonds. The molecule has 0 saturated heterocycles. The molecule has 1 heterocycles.